The number of nitrogens with zero attached hydrogens (tertiary/aromatic N) is 1. The van der Waals surface area contributed by atoms with Crippen molar-refractivity contribution in [1.82, 2.24) is 4.90 Å². The SMILES string of the molecule is CCc1cc2c(cc1CC)[C@H]1C[C@@H](CC(=O)[C@@H](N)C(C)(C)O)[C@H](CC(C)C)CN1CC2. The maximum atomic E-state index is 13.0. The number of carbonyl (C=O) groups is 1. The van der Waals surface area contributed by atoms with Crippen LogP contribution in [0.25, 0.3) is 0 Å². The lowest BCUT2D eigenvalue weighted by Gasteiger charge is -2.48. The number of piperidine rings is 1. The Labute approximate surface area is 189 Å². The third-order valence-electron chi connectivity index (χ3n) is 7.70. The van der Waals surface area contributed by atoms with Gasteiger partial charge < -0.3 is 10.8 Å². The minimum Gasteiger partial charge on any atom is -0.388 e. The third-order valence-corrected chi connectivity index (χ3v) is 7.70. The van der Waals surface area contributed by atoms with Gasteiger partial charge in [-0.15, -0.1) is 0 Å². The summed E-state index contributed by atoms with van der Waals surface area (Å²) in [6.45, 7) is 14.5. The van der Waals surface area contributed by atoms with Gasteiger partial charge in [-0.3, -0.25) is 9.69 Å². The van der Waals surface area contributed by atoms with E-state index in [1.54, 1.807) is 13.8 Å². The van der Waals surface area contributed by atoms with Crippen LogP contribution < -0.4 is 5.73 Å². The minimum absolute atomic E-state index is 0.00585. The molecule has 0 aliphatic carbocycles. The largest absolute Gasteiger partial charge is 0.388 e. The normalized spacial score (nSPS) is 25.3. The van der Waals surface area contributed by atoms with E-state index in [-0.39, 0.29) is 5.78 Å². The standard InChI is InChI=1S/C27H44N2O2/c1-7-18-12-20-9-10-29-16-22(11-17(3)4)21(15-25(30)26(28)27(5,6)31)14-24(29)23(20)13-19(18)8-2/h12-13,17,21-22,24,26,31H,7-11,14-16,28H2,1-6H3/t21-,22+,24+,26+/m0/s1. The Hall–Kier alpha value is -1.23. The highest BCUT2D eigenvalue weighted by Crippen LogP contribution is 2.45. The summed E-state index contributed by atoms with van der Waals surface area (Å²) in [5.74, 6) is 1.45. The summed E-state index contributed by atoms with van der Waals surface area (Å²) in [4.78, 5) is 15.7. The zero-order chi connectivity index (χ0) is 22.9. The van der Waals surface area contributed by atoms with Crippen molar-refractivity contribution < 1.29 is 9.90 Å². The lowest BCUT2D eigenvalue weighted by Crippen LogP contribution is -2.51. The molecule has 31 heavy (non-hydrogen) atoms. The van der Waals surface area contributed by atoms with Crippen molar-refractivity contribution in [3.05, 3.63) is 34.4 Å². The quantitative estimate of drug-likeness (QED) is 0.642. The number of benzene rings is 1. The first-order valence-electron chi connectivity index (χ1n) is 12.4. The van der Waals surface area contributed by atoms with E-state index >= 15 is 0 Å². The first kappa shape index (κ1) is 24.4. The Bertz CT molecular complexity index is 780. The molecule has 0 unspecified atom stereocenters. The van der Waals surface area contributed by atoms with Crippen LogP contribution in [0.4, 0.5) is 0 Å². The second-order valence-corrected chi connectivity index (χ2v) is 11.0. The number of carbonyl (C=O) groups excluding carboxylic acids is 1. The van der Waals surface area contributed by atoms with Crippen LogP contribution in [0.2, 0.25) is 0 Å². The molecule has 2 heterocycles. The van der Waals surface area contributed by atoms with Gasteiger partial charge in [0.15, 0.2) is 5.78 Å². The topological polar surface area (TPSA) is 66.6 Å². The average molecular weight is 429 g/mol. The maximum absolute atomic E-state index is 13.0. The molecule has 3 rings (SSSR count). The van der Waals surface area contributed by atoms with Crippen molar-refractivity contribution in [3.8, 4) is 0 Å². The molecule has 1 aromatic rings. The molecular weight excluding hydrogens is 384 g/mol. The smallest absolute Gasteiger partial charge is 0.152 e. The zero-order valence-electron chi connectivity index (χ0n) is 20.6. The van der Waals surface area contributed by atoms with Crippen LogP contribution in [0.1, 0.15) is 89.1 Å². The Kier molecular flexibility index (Phi) is 7.66. The fourth-order valence-electron chi connectivity index (χ4n) is 5.89. The monoisotopic (exact) mass is 428 g/mol. The molecule has 1 aromatic carbocycles. The van der Waals surface area contributed by atoms with E-state index in [2.05, 4.69) is 44.7 Å². The van der Waals surface area contributed by atoms with Crippen LogP contribution in [0.15, 0.2) is 12.1 Å². The van der Waals surface area contributed by atoms with E-state index in [1.807, 2.05) is 0 Å². The molecule has 4 atom stereocenters. The van der Waals surface area contributed by atoms with Gasteiger partial charge >= 0.3 is 0 Å². The van der Waals surface area contributed by atoms with Gasteiger partial charge in [0.2, 0.25) is 0 Å². The molecule has 4 nitrogen and oxygen atoms in total. The number of Topliss-reactive ketones (excluding diaryl/α,β-unsaturated/α-hetero) is 1. The summed E-state index contributed by atoms with van der Waals surface area (Å²) in [6, 6.07) is 4.51. The summed E-state index contributed by atoms with van der Waals surface area (Å²) in [6.07, 6.45) is 5.93. The van der Waals surface area contributed by atoms with Crippen molar-refractivity contribution in [3.63, 3.8) is 0 Å². The number of aryl methyl sites for hydroxylation is 2. The van der Waals surface area contributed by atoms with Crippen LogP contribution in [0.5, 0.6) is 0 Å². The summed E-state index contributed by atoms with van der Waals surface area (Å²) in [7, 11) is 0. The summed E-state index contributed by atoms with van der Waals surface area (Å²) < 4.78 is 0. The molecule has 0 aromatic heterocycles. The summed E-state index contributed by atoms with van der Waals surface area (Å²) >= 11 is 0. The molecule has 1 fully saturated rings. The van der Waals surface area contributed by atoms with Crippen molar-refractivity contribution in [2.45, 2.75) is 97.8 Å². The second kappa shape index (κ2) is 9.72. The second-order valence-electron chi connectivity index (χ2n) is 11.0. The van der Waals surface area contributed by atoms with Crippen LogP contribution in [-0.2, 0) is 24.1 Å². The Morgan fingerprint density at radius 2 is 1.84 bits per heavy atom. The molecule has 0 radical (unpaired) electrons. The van der Waals surface area contributed by atoms with Gasteiger partial charge in [-0.2, -0.15) is 0 Å². The number of ketones is 1. The highest BCUT2D eigenvalue weighted by atomic mass is 16.3. The van der Waals surface area contributed by atoms with Crippen LogP contribution >= 0.6 is 0 Å². The van der Waals surface area contributed by atoms with Gasteiger partial charge in [0.1, 0.15) is 0 Å². The molecular formula is C27H44N2O2. The van der Waals surface area contributed by atoms with Crippen LogP contribution in [0.3, 0.4) is 0 Å². The highest BCUT2D eigenvalue weighted by molar-refractivity contribution is 5.85. The average Bonchev–Trinajstić information content (AvgIpc) is 2.71. The molecule has 2 aliphatic heterocycles. The number of hydrogen-bond acceptors (Lipinski definition) is 4. The molecule has 0 bridgehead atoms. The van der Waals surface area contributed by atoms with Crippen molar-refractivity contribution in [2.24, 2.45) is 23.5 Å². The fraction of sp³-hybridized carbons (Fsp3) is 0.741. The Morgan fingerprint density at radius 3 is 2.42 bits per heavy atom. The predicted octanol–water partition coefficient (Wildman–Crippen LogP) is 4.45. The van der Waals surface area contributed by atoms with Gasteiger partial charge in [-0.05, 0) is 86.0 Å². The van der Waals surface area contributed by atoms with Gasteiger partial charge in [-0.25, -0.2) is 0 Å². The first-order chi connectivity index (χ1) is 14.5. The first-order valence-corrected chi connectivity index (χ1v) is 12.4. The van der Waals surface area contributed by atoms with Crippen molar-refractivity contribution >= 4 is 5.78 Å². The molecule has 2 aliphatic rings. The van der Waals surface area contributed by atoms with Crippen LogP contribution in [0, 0.1) is 17.8 Å². The lowest BCUT2D eigenvalue weighted by molar-refractivity contribution is -0.127. The number of fused-ring (bicyclic) bond motifs is 3. The highest BCUT2D eigenvalue weighted by Gasteiger charge is 2.41. The van der Waals surface area contributed by atoms with Gasteiger partial charge in [0.05, 0.1) is 11.6 Å². The van der Waals surface area contributed by atoms with Crippen molar-refractivity contribution in [2.75, 3.05) is 13.1 Å². The number of aliphatic hydroxyl groups is 1. The minimum atomic E-state index is -1.17. The van der Waals surface area contributed by atoms with Gasteiger partial charge in [0, 0.05) is 25.6 Å². The zero-order valence-corrected chi connectivity index (χ0v) is 20.6. The Balaban J connectivity index is 1.88. The van der Waals surface area contributed by atoms with Gasteiger partial charge in [0.25, 0.3) is 0 Å². The molecule has 4 heteroatoms. The molecule has 0 spiro atoms. The number of rotatable bonds is 8. The third kappa shape index (κ3) is 5.40. The summed E-state index contributed by atoms with van der Waals surface area (Å²) in [5, 5.41) is 10.3. The van der Waals surface area contributed by atoms with E-state index < -0.39 is 11.6 Å². The predicted molar refractivity (Wildman–Crippen MR) is 128 cm³/mol. The van der Waals surface area contributed by atoms with Crippen LogP contribution in [-0.4, -0.2) is 40.5 Å². The summed E-state index contributed by atoms with van der Waals surface area (Å²) in [5.41, 5.74) is 10.9. The molecule has 0 amide bonds. The van der Waals surface area contributed by atoms with E-state index in [9.17, 15) is 9.90 Å². The van der Waals surface area contributed by atoms with E-state index in [1.165, 1.54) is 22.3 Å². The van der Waals surface area contributed by atoms with E-state index in [0.717, 1.165) is 45.2 Å². The molecule has 1 saturated heterocycles. The number of nitrogens with two attached hydrogens (primary N) is 1. The van der Waals surface area contributed by atoms with Gasteiger partial charge in [-0.1, -0.05) is 39.8 Å². The lowest BCUT2D eigenvalue weighted by atomic mass is 9.71. The maximum Gasteiger partial charge on any atom is 0.152 e. The van der Waals surface area contributed by atoms with Crippen molar-refractivity contribution in [1.29, 1.82) is 0 Å². The van der Waals surface area contributed by atoms with E-state index in [0.29, 0.717) is 30.2 Å². The Morgan fingerprint density at radius 1 is 1.19 bits per heavy atom. The molecule has 3 N–H and O–H groups in total. The van der Waals surface area contributed by atoms with E-state index in [4.69, 9.17) is 5.73 Å². The molecule has 0 saturated carbocycles. The molecule has 174 valence electrons. The fourth-order valence-corrected chi connectivity index (χ4v) is 5.89. The number of hydrogen-bond donors (Lipinski definition) is 2.